The van der Waals surface area contributed by atoms with Gasteiger partial charge in [-0.25, -0.2) is 0 Å². The molecule has 2 heterocycles. The first-order valence-corrected chi connectivity index (χ1v) is 6.60. The van der Waals surface area contributed by atoms with Crippen LogP contribution in [0.1, 0.15) is 24.4 Å². The molecule has 1 aromatic rings. The van der Waals surface area contributed by atoms with Gasteiger partial charge in [0.15, 0.2) is 11.5 Å². The quantitative estimate of drug-likeness (QED) is 0.834. The minimum Gasteiger partial charge on any atom is -0.486 e. The standard InChI is InChI=1S/C14H19NO3/c16-9-10-3-4-15-12(7-10)11-1-2-13-14(8-11)18-6-5-17-13/h1-2,8,10,12,15-16H,3-7,9H2. The van der Waals surface area contributed by atoms with Crippen LogP contribution >= 0.6 is 0 Å². The van der Waals surface area contributed by atoms with Gasteiger partial charge in [0.25, 0.3) is 0 Å². The summed E-state index contributed by atoms with van der Waals surface area (Å²) < 4.78 is 11.1. The minimum atomic E-state index is 0.280. The molecule has 0 radical (unpaired) electrons. The summed E-state index contributed by atoms with van der Waals surface area (Å²) in [5.74, 6) is 2.08. The molecule has 0 aliphatic carbocycles. The van der Waals surface area contributed by atoms with Crippen LogP contribution < -0.4 is 14.8 Å². The largest absolute Gasteiger partial charge is 0.486 e. The van der Waals surface area contributed by atoms with Crippen LogP contribution in [0.3, 0.4) is 0 Å². The van der Waals surface area contributed by atoms with E-state index in [1.54, 1.807) is 0 Å². The second kappa shape index (κ2) is 5.16. The Morgan fingerprint density at radius 1 is 1.22 bits per heavy atom. The number of aliphatic hydroxyl groups is 1. The SMILES string of the molecule is OCC1CCNC(c2ccc3c(c2)OCCO3)C1. The van der Waals surface area contributed by atoms with E-state index in [0.717, 1.165) is 30.9 Å². The van der Waals surface area contributed by atoms with Crippen LogP contribution in [0.2, 0.25) is 0 Å². The average molecular weight is 249 g/mol. The Balaban J connectivity index is 1.79. The molecule has 4 nitrogen and oxygen atoms in total. The number of nitrogens with one attached hydrogen (secondary N) is 1. The summed E-state index contributed by atoms with van der Waals surface area (Å²) >= 11 is 0. The van der Waals surface area contributed by atoms with E-state index < -0.39 is 0 Å². The second-order valence-electron chi connectivity index (χ2n) is 4.98. The van der Waals surface area contributed by atoms with Gasteiger partial charge in [-0.05, 0) is 43.0 Å². The molecule has 3 rings (SSSR count). The highest BCUT2D eigenvalue weighted by Crippen LogP contribution is 2.35. The summed E-state index contributed by atoms with van der Waals surface area (Å²) in [6, 6.07) is 6.44. The van der Waals surface area contributed by atoms with Crippen molar-refractivity contribution in [2.75, 3.05) is 26.4 Å². The summed E-state index contributed by atoms with van der Waals surface area (Å²) in [6.45, 7) is 2.49. The predicted molar refractivity (Wildman–Crippen MR) is 68.0 cm³/mol. The monoisotopic (exact) mass is 249 g/mol. The number of benzene rings is 1. The number of piperidine rings is 1. The molecule has 2 aliphatic rings. The maximum Gasteiger partial charge on any atom is 0.161 e. The molecule has 2 aliphatic heterocycles. The molecule has 0 spiro atoms. The van der Waals surface area contributed by atoms with Crippen LogP contribution in [0.15, 0.2) is 18.2 Å². The summed E-state index contributed by atoms with van der Waals surface area (Å²) in [7, 11) is 0. The smallest absolute Gasteiger partial charge is 0.161 e. The Hall–Kier alpha value is -1.26. The first kappa shape index (κ1) is 11.8. The van der Waals surface area contributed by atoms with Gasteiger partial charge in [-0.15, -0.1) is 0 Å². The normalized spacial score (nSPS) is 26.9. The highest BCUT2D eigenvalue weighted by Gasteiger charge is 2.23. The molecule has 4 heteroatoms. The van der Waals surface area contributed by atoms with Crippen molar-refractivity contribution in [3.8, 4) is 11.5 Å². The van der Waals surface area contributed by atoms with Gasteiger partial charge in [-0.3, -0.25) is 0 Å². The molecule has 2 N–H and O–H groups in total. The number of ether oxygens (including phenoxy) is 2. The lowest BCUT2D eigenvalue weighted by Gasteiger charge is -2.30. The zero-order chi connectivity index (χ0) is 12.4. The molecule has 1 fully saturated rings. The zero-order valence-corrected chi connectivity index (χ0v) is 10.4. The zero-order valence-electron chi connectivity index (χ0n) is 10.4. The Bertz CT molecular complexity index is 422. The number of hydrogen-bond acceptors (Lipinski definition) is 4. The lowest BCUT2D eigenvalue weighted by atomic mass is 9.89. The van der Waals surface area contributed by atoms with E-state index in [-0.39, 0.29) is 6.61 Å². The van der Waals surface area contributed by atoms with Gasteiger partial charge in [0.2, 0.25) is 0 Å². The van der Waals surface area contributed by atoms with Gasteiger partial charge in [0, 0.05) is 12.6 Å². The fourth-order valence-corrected chi connectivity index (χ4v) is 2.69. The number of fused-ring (bicyclic) bond motifs is 1. The topological polar surface area (TPSA) is 50.7 Å². The summed E-state index contributed by atoms with van der Waals surface area (Å²) in [4.78, 5) is 0. The Morgan fingerprint density at radius 3 is 2.89 bits per heavy atom. The molecule has 1 saturated heterocycles. The van der Waals surface area contributed by atoms with Gasteiger partial charge in [-0.1, -0.05) is 6.07 Å². The second-order valence-corrected chi connectivity index (χ2v) is 4.98. The maximum atomic E-state index is 9.28. The van der Waals surface area contributed by atoms with Crippen molar-refractivity contribution in [3.63, 3.8) is 0 Å². The Morgan fingerprint density at radius 2 is 2.06 bits per heavy atom. The van der Waals surface area contributed by atoms with E-state index in [1.807, 2.05) is 6.07 Å². The van der Waals surface area contributed by atoms with Crippen LogP contribution in [0.5, 0.6) is 11.5 Å². The van der Waals surface area contributed by atoms with Gasteiger partial charge in [0.05, 0.1) is 0 Å². The van der Waals surface area contributed by atoms with Crippen LogP contribution in [0.4, 0.5) is 0 Å². The first-order valence-electron chi connectivity index (χ1n) is 6.60. The Labute approximate surface area is 107 Å². The molecule has 2 atom stereocenters. The summed E-state index contributed by atoms with van der Waals surface area (Å²) in [5.41, 5.74) is 1.22. The van der Waals surface area contributed by atoms with Crippen molar-refractivity contribution in [2.45, 2.75) is 18.9 Å². The lowest BCUT2D eigenvalue weighted by molar-refractivity contribution is 0.168. The van der Waals surface area contributed by atoms with E-state index in [4.69, 9.17) is 9.47 Å². The van der Waals surface area contributed by atoms with E-state index in [0.29, 0.717) is 25.2 Å². The summed E-state index contributed by atoms with van der Waals surface area (Å²) in [5, 5.41) is 12.8. The van der Waals surface area contributed by atoms with Gasteiger partial charge < -0.3 is 19.9 Å². The van der Waals surface area contributed by atoms with E-state index in [9.17, 15) is 5.11 Å². The third-order valence-corrected chi connectivity index (χ3v) is 3.74. The third kappa shape index (κ3) is 2.31. The van der Waals surface area contributed by atoms with Crippen molar-refractivity contribution in [1.29, 1.82) is 0 Å². The van der Waals surface area contributed by atoms with E-state index in [2.05, 4.69) is 17.4 Å². The minimum absolute atomic E-state index is 0.280. The number of rotatable bonds is 2. The highest BCUT2D eigenvalue weighted by atomic mass is 16.6. The van der Waals surface area contributed by atoms with Crippen LogP contribution in [0, 0.1) is 5.92 Å². The van der Waals surface area contributed by atoms with Crippen molar-refractivity contribution >= 4 is 0 Å². The van der Waals surface area contributed by atoms with Gasteiger partial charge >= 0.3 is 0 Å². The molecule has 1 aromatic carbocycles. The van der Waals surface area contributed by atoms with Crippen molar-refractivity contribution in [1.82, 2.24) is 5.32 Å². The Kier molecular flexibility index (Phi) is 3.39. The van der Waals surface area contributed by atoms with E-state index in [1.165, 1.54) is 5.56 Å². The molecule has 18 heavy (non-hydrogen) atoms. The average Bonchev–Trinajstić information content (AvgIpc) is 2.47. The van der Waals surface area contributed by atoms with Gasteiger partial charge in [0.1, 0.15) is 13.2 Å². The fraction of sp³-hybridized carbons (Fsp3) is 0.571. The molecule has 2 unspecified atom stereocenters. The lowest BCUT2D eigenvalue weighted by Crippen LogP contribution is -2.33. The van der Waals surface area contributed by atoms with Crippen molar-refractivity contribution in [3.05, 3.63) is 23.8 Å². The van der Waals surface area contributed by atoms with Crippen LogP contribution in [0.25, 0.3) is 0 Å². The molecule has 0 aromatic heterocycles. The molecule has 0 saturated carbocycles. The predicted octanol–water partition coefficient (Wildman–Crippen LogP) is 1.49. The van der Waals surface area contributed by atoms with Crippen LogP contribution in [-0.4, -0.2) is 31.5 Å². The van der Waals surface area contributed by atoms with Crippen molar-refractivity contribution < 1.29 is 14.6 Å². The summed E-state index contributed by atoms with van der Waals surface area (Å²) in [6.07, 6.45) is 2.04. The highest BCUT2D eigenvalue weighted by molar-refractivity contribution is 5.44. The molecular formula is C14H19NO3. The third-order valence-electron chi connectivity index (χ3n) is 3.74. The maximum absolute atomic E-state index is 9.28. The van der Waals surface area contributed by atoms with Crippen LogP contribution in [-0.2, 0) is 0 Å². The fourth-order valence-electron chi connectivity index (χ4n) is 2.69. The molecule has 0 bridgehead atoms. The first-order chi connectivity index (χ1) is 8.86. The number of hydrogen-bond donors (Lipinski definition) is 2. The van der Waals surface area contributed by atoms with E-state index >= 15 is 0 Å². The molecule has 0 amide bonds. The molecule has 98 valence electrons. The van der Waals surface area contributed by atoms with Crippen molar-refractivity contribution in [2.24, 2.45) is 5.92 Å². The van der Waals surface area contributed by atoms with Gasteiger partial charge in [-0.2, -0.15) is 0 Å². The molecular weight excluding hydrogens is 230 g/mol. The number of aliphatic hydroxyl groups excluding tert-OH is 1.